The van der Waals surface area contributed by atoms with Gasteiger partial charge in [-0.05, 0) is 44.2 Å². The van der Waals surface area contributed by atoms with E-state index in [0.717, 1.165) is 50.0 Å². The van der Waals surface area contributed by atoms with Crippen molar-refractivity contribution >= 4 is 29.0 Å². The Morgan fingerprint density at radius 2 is 2.03 bits per heavy atom. The average Bonchev–Trinajstić information content (AvgIpc) is 3.31. The lowest BCUT2D eigenvalue weighted by Gasteiger charge is -2.35. The molecule has 4 N–H and O–H groups in total. The van der Waals surface area contributed by atoms with Gasteiger partial charge in [0.15, 0.2) is 11.6 Å². The van der Waals surface area contributed by atoms with Crippen LogP contribution in [0.4, 0.5) is 27.5 Å². The molecule has 2 fully saturated rings. The average molecular weight is 466 g/mol. The molecule has 2 aromatic rings. The molecule has 4 atom stereocenters. The highest BCUT2D eigenvalue weighted by Crippen LogP contribution is 2.62. The molecule has 2 aliphatic carbocycles. The lowest BCUT2D eigenvalue weighted by molar-refractivity contribution is -0.119. The fourth-order valence-electron chi connectivity index (χ4n) is 5.72. The summed E-state index contributed by atoms with van der Waals surface area (Å²) in [7, 11) is 2.14. The zero-order valence-corrected chi connectivity index (χ0v) is 19.9. The number of hydrogen-bond acceptors (Lipinski definition) is 7. The van der Waals surface area contributed by atoms with Crippen LogP contribution in [0.2, 0.25) is 0 Å². The normalized spacial score (nSPS) is 28.0. The van der Waals surface area contributed by atoms with Gasteiger partial charge in [0.25, 0.3) is 0 Å². The Morgan fingerprint density at radius 1 is 1.26 bits per heavy atom. The maximum Gasteiger partial charge on any atom is 0.229 e. The number of primary amides is 1. The maximum atomic E-state index is 14.7. The molecular formula is C25H32FN7O. The minimum absolute atomic E-state index is 0.0366. The summed E-state index contributed by atoms with van der Waals surface area (Å²) in [6.07, 6.45) is 6.07. The Morgan fingerprint density at radius 3 is 2.68 bits per heavy atom. The largest absolute Gasteiger partial charge is 0.369 e. The van der Waals surface area contributed by atoms with Crippen LogP contribution in [0.15, 0.2) is 36.5 Å². The number of benzene rings is 1. The van der Waals surface area contributed by atoms with Crippen LogP contribution in [0.5, 0.6) is 0 Å². The van der Waals surface area contributed by atoms with Crippen molar-refractivity contribution in [2.45, 2.75) is 25.8 Å². The number of hydrogen-bond donors (Lipinski definition) is 3. The monoisotopic (exact) mass is 465 g/mol. The molecule has 1 aromatic carbocycles. The van der Waals surface area contributed by atoms with Crippen LogP contribution in [-0.4, -0.2) is 59.5 Å². The van der Waals surface area contributed by atoms with Crippen LogP contribution in [0, 0.1) is 30.5 Å². The van der Waals surface area contributed by atoms with Crippen molar-refractivity contribution in [3.8, 4) is 0 Å². The van der Waals surface area contributed by atoms with E-state index in [2.05, 4.69) is 69.5 Å². The first-order chi connectivity index (χ1) is 16.3. The van der Waals surface area contributed by atoms with Gasteiger partial charge in [0, 0.05) is 49.4 Å². The number of amides is 1. The molecule has 1 aromatic heterocycles. The van der Waals surface area contributed by atoms with Gasteiger partial charge in [-0.3, -0.25) is 4.79 Å². The molecule has 1 aliphatic heterocycles. The van der Waals surface area contributed by atoms with Crippen molar-refractivity contribution in [2.24, 2.45) is 23.5 Å². The summed E-state index contributed by atoms with van der Waals surface area (Å²) in [5.41, 5.74) is 8.25. The third-order valence-electron chi connectivity index (χ3n) is 7.60. The molecule has 180 valence electrons. The predicted molar refractivity (Wildman–Crippen MR) is 132 cm³/mol. The summed E-state index contributed by atoms with van der Waals surface area (Å²) in [4.78, 5) is 25.3. The molecule has 0 unspecified atom stereocenters. The number of halogens is 1. The molecule has 0 bridgehead atoms. The maximum absolute atomic E-state index is 14.7. The lowest BCUT2D eigenvalue weighted by Crippen LogP contribution is -2.44. The third kappa shape index (κ3) is 3.77. The van der Waals surface area contributed by atoms with Crippen LogP contribution >= 0.6 is 0 Å². The topological polar surface area (TPSA) is 99.4 Å². The molecule has 0 radical (unpaired) electrons. The van der Waals surface area contributed by atoms with E-state index in [9.17, 15) is 9.18 Å². The summed E-state index contributed by atoms with van der Waals surface area (Å²) in [6.45, 7) is 8.24. The van der Waals surface area contributed by atoms with Crippen molar-refractivity contribution in [2.75, 3.05) is 48.8 Å². The van der Waals surface area contributed by atoms with Gasteiger partial charge in [-0.1, -0.05) is 19.1 Å². The first kappa shape index (κ1) is 22.6. The van der Waals surface area contributed by atoms with Gasteiger partial charge in [0.1, 0.15) is 0 Å². The van der Waals surface area contributed by atoms with Gasteiger partial charge in [-0.25, -0.2) is 9.37 Å². The number of aromatic nitrogens is 2. The van der Waals surface area contributed by atoms with Crippen LogP contribution in [0.25, 0.3) is 0 Å². The second-order valence-corrected chi connectivity index (χ2v) is 9.67. The van der Waals surface area contributed by atoms with Crippen molar-refractivity contribution in [1.82, 2.24) is 14.9 Å². The van der Waals surface area contributed by atoms with Crippen LogP contribution < -0.4 is 21.3 Å². The second kappa shape index (κ2) is 8.54. The van der Waals surface area contributed by atoms with E-state index in [0.29, 0.717) is 5.95 Å². The first-order valence-electron chi connectivity index (χ1n) is 11.9. The molecule has 34 heavy (non-hydrogen) atoms. The van der Waals surface area contributed by atoms with E-state index >= 15 is 0 Å². The van der Waals surface area contributed by atoms with E-state index < -0.39 is 11.4 Å². The Labute approximate surface area is 199 Å². The number of piperazine rings is 1. The molecular weight excluding hydrogens is 433 g/mol. The van der Waals surface area contributed by atoms with E-state index in [-0.39, 0.29) is 29.5 Å². The molecule has 3 aliphatic rings. The Balaban J connectivity index is 1.34. The highest BCUT2D eigenvalue weighted by molar-refractivity contribution is 5.86. The van der Waals surface area contributed by atoms with Gasteiger partial charge >= 0.3 is 0 Å². The minimum Gasteiger partial charge on any atom is -0.369 e. The summed E-state index contributed by atoms with van der Waals surface area (Å²) < 4.78 is 14.7. The number of fused-ring (bicyclic) bond motifs is 1. The van der Waals surface area contributed by atoms with E-state index in [1.54, 1.807) is 0 Å². The van der Waals surface area contributed by atoms with Gasteiger partial charge in [0.05, 0.1) is 17.7 Å². The molecule has 1 saturated carbocycles. The van der Waals surface area contributed by atoms with E-state index in [4.69, 9.17) is 5.73 Å². The summed E-state index contributed by atoms with van der Waals surface area (Å²) in [5, 5.41) is 6.44. The number of anilines is 4. The SMILES string of the molecule is CC[C@H]1C=C[C@@H]2[C@@H](C(N)=O)[C@]12Nc1nc(Nc2ccc(N3CCN(C)CC3)c(C)c2)ncc1F. The smallest absolute Gasteiger partial charge is 0.229 e. The Bertz CT molecular complexity index is 1130. The third-order valence-corrected chi connectivity index (χ3v) is 7.60. The standard InChI is InChI=1S/C25H32FN7O/c1-4-16-5-7-18-21(22(27)34)25(16,18)31-23-19(26)14-28-24(30-23)29-17-6-8-20(15(2)13-17)33-11-9-32(3)10-12-33/h5-8,13-14,16,18,21H,4,9-12H2,1-3H3,(H2,27,34)(H2,28,29,30,31)/t16-,18+,21-,25-/m0/s1. The van der Waals surface area contributed by atoms with Gasteiger partial charge in [-0.15, -0.1) is 0 Å². The molecule has 2 heterocycles. The van der Waals surface area contributed by atoms with E-state index in [1.165, 1.54) is 5.69 Å². The van der Waals surface area contributed by atoms with Crippen LogP contribution in [0.3, 0.4) is 0 Å². The number of likely N-dealkylation sites (N-methyl/N-ethyl adjacent to an activating group) is 1. The highest BCUT2D eigenvalue weighted by Gasteiger charge is 2.71. The zero-order valence-electron chi connectivity index (χ0n) is 19.9. The Kier molecular flexibility index (Phi) is 5.67. The predicted octanol–water partition coefficient (Wildman–Crippen LogP) is 2.90. The first-order valence-corrected chi connectivity index (χ1v) is 11.9. The number of nitrogens with two attached hydrogens (primary N) is 1. The number of nitrogens with zero attached hydrogens (tertiary/aromatic N) is 4. The molecule has 0 spiro atoms. The van der Waals surface area contributed by atoms with E-state index in [1.807, 2.05) is 12.1 Å². The zero-order chi connectivity index (χ0) is 24.0. The number of nitrogens with one attached hydrogen (secondary N) is 2. The van der Waals surface area contributed by atoms with Crippen molar-refractivity contribution in [1.29, 1.82) is 0 Å². The van der Waals surface area contributed by atoms with Gasteiger partial charge < -0.3 is 26.2 Å². The molecule has 8 nitrogen and oxygen atoms in total. The second-order valence-electron chi connectivity index (χ2n) is 9.67. The fraction of sp³-hybridized carbons (Fsp3) is 0.480. The minimum atomic E-state index is -0.603. The highest BCUT2D eigenvalue weighted by atomic mass is 19.1. The molecule has 9 heteroatoms. The van der Waals surface area contributed by atoms with Crippen molar-refractivity contribution in [3.63, 3.8) is 0 Å². The van der Waals surface area contributed by atoms with Crippen molar-refractivity contribution < 1.29 is 9.18 Å². The number of carbonyl (C=O) groups excluding carboxylic acids is 1. The van der Waals surface area contributed by atoms with Gasteiger partial charge in [0.2, 0.25) is 11.9 Å². The molecule has 1 saturated heterocycles. The molecule has 5 rings (SSSR count). The van der Waals surface area contributed by atoms with Crippen molar-refractivity contribution in [3.05, 3.63) is 47.9 Å². The van der Waals surface area contributed by atoms with Gasteiger partial charge in [-0.2, -0.15) is 4.98 Å². The summed E-state index contributed by atoms with van der Waals surface area (Å²) >= 11 is 0. The summed E-state index contributed by atoms with van der Waals surface area (Å²) in [6, 6.07) is 6.15. The van der Waals surface area contributed by atoms with Crippen LogP contribution in [0.1, 0.15) is 18.9 Å². The summed E-state index contributed by atoms with van der Waals surface area (Å²) in [5.74, 6) is -0.867. The number of aryl methyl sites for hydroxylation is 1. The number of rotatable bonds is 7. The molecule has 1 amide bonds. The quantitative estimate of drug-likeness (QED) is 0.541. The Hall–Kier alpha value is -3.20. The van der Waals surface area contributed by atoms with Crippen LogP contribution in [-0.2, 0) is 4.79 Å². The number of carbonyl (C=O) groups is 1. The lowest BCUT2D eigenvalue weighted by atomic mass is 9.93. The fourth-order valence-corrected chi connectivity index (χ4v) is 5.72.